The minimum absolute atomic E-state index is 0.563. The fraction of sp³-hybridized carbons (Fsp3) is 0.462. The van der Waals surface area contributed by atoms with Gasteiger partial charge in [-0.25, -0.2) is 0 Å². The second kappa shape index (κ2) is 10.7. The largest absolute Gasteiger partial charge is 0.386 e. The predicted molar refractivity (Wildman–Crippen MR) is 134 cm³/mol. The van der Waals surface area contributed by atoms with Crippen LogP contribution in [-0.4, -0.2) is 55.5 Å². The molecule has 0 radical (unpaired) electrons. The van der Waals surface area contributed by atoms with Crippen LogP contribution in [0.4, 0.5) is 20.2 Å². The third-order valence-electron chi connectivity index (χ3n) is 6.11. The number of carbonyl (C=O) groups is 1. The molecule has 2 atom stereocenters. The summed E-state index contributed by atoms with van der Waals surface area (Å²) in [5, 5.41) is 24.0. The summed E-state index contributed by atoms with van der Waals surface area (Å²) in [6, 6.07) is 11.5. The molecule has 4 N–H and O–H groups in total. The highest BCUT2D eigenvalue weighted by molar-refractivity contribution is 5.88. The van der Waals surface area contributed by atoms with E-state index in [1.807, 2.05) is 18.2 Å². The predicted octanol–water partition coefficient (Wildman–Crippen LogP) is 4.06. The summed E-state index contributed by atoms with van der Waals surface area (Å²) in [7, 11) is 0. The van der Waals surface area contributed by atoms with E-state index in [0.717, 1.165) is 24.3 Å². The normalized spacial score (nSPS) is 16.4. The van der Waals surface area contributed by atoms with E-state index in [1.165, 1.54) is 6.21 Å². The number of carbonyl (C=O) groups excluding carboxylic acids is 1. The maximum absolute atomic E-state index is 13.6. The molecule has 1 aliphatic rings. The molecule has 0 spiro atoms. The fourth-order valence-corrected chi connectivity index (χ4v) is 4.00. The number of rotatable bonds is 9. The maximum atomic E-state index is 13.6. The molecule has 190 valence electrons. The van der Waals surface area contributed by atoms with Crippen LogP contribution in [0.2, 0.25) is 0 Å². The number of morpholine rings is 1. The molecule has 1 heterocycles. The lowest BCUT2D eigenvalue weighted by Gasteiger charge is -2.31. The molecule has 0 saturated carbocycles. The number of aliphatic hydroxyl groups is 1. The summed E-state index contributed by atoms with van der Waals surface area (Å²) in [4.78, 5) is 14.2. The highest BCUT2D eigenvalue weighted by Crippen LogP contribution is 2.30. The zero-order valence-corrected chi connectivity index (χ0v) is 20.6. The van der Waals surface area contributed by atoms with Crippen LogP contribution in [0.5, 0.6) is 0 Å². The Morgan fingerprint density at radius 3 is 2.31 bits per heavy atom. The lowest BCUT2D eigenvalue weighted by atomic mass is 9.93. The smallest absolute Gasteiger partial charge is 0.321 e. The van der Waals surface area contributed by atoms with E-state index < -0.39 is 29.5 Å². The Morgan fingerprint density at radius 1 is 1.14 bits per heavy atom. The maximum Gasteiger partial charge on any atom is 0.321 e. The van der Waals surface area contributed by atoms with Crippen molar-refractivity contribution in [2.45, 2.75) is 51.3 Å². The van der Waals surface area contributed by atoms with Crippen molar-refractivity contribution >= 4 is 23.5 Å². The summed E-state index contributed by atoms with van der Waals surface area (Å²) < 4.78 is 32.6. The van der Waals surface area contributed by atoms with Crippen molar-refractivity contribution in [3.05, 3.63) is 59.2 Å². The van der Waals surface area contributed by atoms with Gasteiger partial charge in [0.1, 0.15) is 0 Å². The fourth-order valence-electron chi connectivity index (χ4n) is 4.00. The van der Waals surface area contributed by atoms with Gasteiger partial charge in [0, 0.05) is 43.2 Å². The zero-order chi connectivity index (χ0) is 25.8. The summed E-state index contributed by atoms with van der Waals surface area (Å²) >= 11 is 0. The third kappa shape index (κ3) is 6.76. The van der Waals surface area contributed by atoms with Crippen LogP contribution in [0.25, 0.3) is 0 Å². The highest BCUT2D eigenvalue weighted by atomic mass is 19.3. The average molecular weight is 489 g/mol. The van der Waals surface area contributed by atoms with Crippen molar-refractivity contribution in [1.82, 2.24) is 5.32 Å². The average Bonchev–Trinajstić information content (AvgIpc) is 2.82. The Morgan fingerprint density at radius 2 is 1.77 bits per heavy atom. The van der Waals surface area contributed by atoms with Crippen molar-refractivity contribution in [3.8, 4) is 0 Å². The molecule has 2 aromatic carbocycles. The Hall–Kier alpha value is -3.04. The number of benzene rings is 2. The first-order valence-electron chi connectivity index (χ1n) is 11.7. The summed E-state index contributed by atoms with van der Waals surface area (Å²) in [5.74, 6) is -4.87. The van der Waals surface area contributed by atoms with E-state index in [9.17, 15) is 18.7 Å². The first-order valence-corrected chi connectivity index (χ1v) is 11.7. The molecular weight excluding hydrogens is 454 g/mol. The number of amides is 1. The first kappa shape index (κ1) is 26.6. The van der Waals surface area contributed by atoms with E-state index in [-0.39, 0.29) is 0 Å². The van der Waals surface area contributed by atoms with Gasteiger partial charge in [-0.3, -0.25) is 4.79 Å². The second-order valence-corrected chi connectivity index (χ2v) is 9.47. The van der Waals surface area contributed by atoms with E-state index in [1.54, 1.807) is 45.0 Å². The van der Waals surface area contributed by atoms with Crippen LogP contribution in [-0.2, 0) is 15.1 Å². The molecule has 35 heavy (non-hydrogen) atoms. The number of anilines is 2. The van der Waals surface area contributed by atoms with Crippen molar-refractivity contribution < 1.29 is 23.4 Å². The van der Waals surface area contributed by atoms with Gasteiger partial charge >= 0.3 is 5.92 Å². The minimum Gasteiger partial charge on any atom is -0.386 e. The van der Waals surface area contributed by atoms with E-state index in [4.69, 9.17) is 10.1 Å². The standard InChI is InChI=1S/C26H34F2N4O3/c1-17(30-24(33)26(4,27)28)23(18-5-7-20(8-6-18)25(2,3)34)31-22-10-9-21(15-19(22)16-29)32-11-13-35-14-12-32/h5-10,15-17,23,29,31,34H,11-14H2,1-4H3,(H,30,33)/t17-,23?/m1/s1. The number of hydrogen-bond donors (Lipinski definition) is 4. The molecule has 1 fully saturated rings. The Bertz CT molecular complexity index is 1030. The molecular formula is C26H34F2N4O3. The lowest BCUT2D eigenvalue weighted by molar-refractivity contribution is -0.143. The molecule has 7 nitrogen and oxygen atoms in total. The van der Waals surface area contributed by atoms with Crippen LogP contribution in [0, 0.1) is 5.41 Å². The van der Waals surface area contributed by atoms with Crippen LogP contribution in [0.3, 0.4) is 0 Å². The van der Waals surface area contributed by atoms with Gasteiger partial charge in [-0.2, -0.15) is 8.78 Å². The molecule has 0 aromatic heterocycles. The van der Waals surface area contributed by atoms with Crippen molar-refractivity contribution in [2.24, 2.45) is 0 Å². The molecule has 1 unspecified atom stereocenters. The number of nitrogens with one attached hydrogen (secondary N) is 3. The highest BCUT2D eigenvalue weighted by Gasteiger charge is 2.35. The van der Waals surface area contributed by atoms with Crippen molar-refractivity contribution in [1.29, 1.82) is 5.41 Å². The van der Waals surface area contributed by atoms with Gasteiger partial charge in [0.25, 0.3) is 5.91 Å². The molecule has 9 heteroatoms. The molecule has 1 amide bonds. The minimum atomic E-state index is -3.51. The van der Waals surface area contributed by atoms with Crippen LogP contribution >= 0.6 is 0 Å². The van der Waals surface area contributed by atoms with E-state index in [0.29, 0.717) is 37.0 Å². The van der Waals surface area contributed by atoms with E-state index in [2.05, 4.69) is 15.5 Å². The topological polar surface area (TPSA) is 97.7 Å². The van der Waals surface area contributed by atoms with Crippen molar-refractivity contribution in [3.63, 3.8) is 0 Å². The lowest BCUT2D eigenvalue weighted by Crippen LogP contribution is -2.46. The monoisotopic (exact) mass is 488 g/mol. The van der Waals surface area contributed by atoms with Gasteiger partial charge in [-0.15, -0.1) is 0 Å². The molecule has 3 rings (SSSR count). The van der Waals surface area contributed by atoms with Gasteiger partial charge < -0.3 is 30.8 Å². The first-order chi connectivity index (χ1) is 16.4. The number of ether oxygens (including phenoxy) is 1. The van der Waals surface area contributed by atoms with E-state index >= 15 is 0 Å². The van der Waals surface area contributed by atoms with Gasteiger partial charge in [0.15, 0.2) is 0 Å². The molecule has 0 bridgehead atoms. The molecule has 0 aliphatic carbocycles. The summed E-state index contributed by atoms with van der Waals surface area (Å²) in [6.45, 7) is 8.37. The molecule has 1 aliphatic heterocycles. The summed E-state index contributed by atoms with van der Waals surface area (Å²) in [6.07, 6.45) is 1.24. The van der Waals surface area contributed by atoms with Crippen molar-refractivity contribution in [2.75, 3.05) is 36.5 Å². The van der Waals surface area contributed by atoms with Crippen LogP contribution in [0.1, 0.15) is 50.4 Å². The van der Waals surface area contributed by atoms with Gasteiger partial charge in [-0.05, 0) is 50.1 Å². The SMILES string of the molecule is C[C@@H](NC(=O)C(C)(F)F)C(Nc1ccc(N2CCOCC2)cc1C=N)c1ccc(C(C)(C)O)cc1. The number of nitrogens with zero attached hydrogens (tertiary/aromatic N) is 1. The number of halogens is 2. The van der Waals surface area contributed by atoms with Crippen LogP contribution in [0.15, 0.2) is 42.5 Å². The number of alkyl halides is 2. The third-order valence-corrected chi connectivity index (χ3v) is 6.11. The van der Waals surface area contributed by atoms with Gasteiger partial charge in [0.05, 0.1) is 30.9 Å². The Kier molecular flexibility index (Phi) is 8.12. The number of hydrogen-bond acceptors (Lipinski definition) is 6. The quantitative estimate of drug-likeness (QED) is 0.399. The Balaban J connectivity index is 1.92. The van der Waals surface area contributed by atoms with Gasteiger partial charge in [0.2, 0.25) is 0 Å². The Labute approximate surface area is 205 Å². The molecule has 2 aromatic rings. The van der Waals surface area contributed by atoms with Crippen LogP contribution < -0.4 is 15.5 Å². The second-order valence-electron chi connectivity index (χ2n) is 9.47. The summed E-state index contributed by atoms with van der Waals surface area (Å²) in [5.41, 5.74) is 2.64. The zero-order valence-electron chi connectivity index (χ0n) is 20.6. The molecule has 1 saturated heterocycles. The van der Waals surface area contributed by atoms with Gasteiger partial charge in [-0.1, -0.05) is 24.3 Å².